The van der Waals surface area contributed by atoms with Crippen molar-refractivity contribution in [2.45, 2.75) is 19.1 Å². The molecule has 0 saturated carbocycles. The van der Waals surface area contributed by atoms with Gasteiger partial charge >= 0.3 is 6.18 Å². The number of alkyl halides is 3. The zero-order valence-electron chi connectivity index (χ0n) is 14.1. The van der Waals surface area contributed by atoms with E-state index >= 15 is 0 Å². The minimum atomic E-state index is -4.48. The number of carbonyl (C=O) groups excluding carboxylic acids is 2. The highest BCUT2D eigenvalue weighted by molar-refractivity contribution is 7.12. The van der Waals surface area contributed by atoms with Crippen LogP contribution in [0.2, 0.25) is 5.02 Å². The van der Waals surface area contributed by atoms with Crippen LogP contribution in [0.4, 0.5) is 13.2 Å². The molecule has 0 unspecified atom stereocenters. The molecule has 144 valence electrons. The normalized spacial score (nSPS) is 15.8. The van der Waals surface area contributed by atoms with E-state index in [2.05, 4.69) is 0 Å². The Kier molecular flexibility index (Phi) is 5.76. The first-order chi connectivity index (χ1) is 12.8. The Bertz CT molecular complexity index is 853. The summed E-state index contributed by atoms with van der Waals surface area (Å²) in [7, 11) is 0. The van der Waals surface area contributed by atoms with E-state index in [4.69, 9.17) is 11.6 Å². The molecule has 4 nitrogen and oxygen atoms in total. The van der Waals surface area contributed by atoms with E-state index in [1.165, 1.54) is 39.3 Å². The summed E-state index contributed by atoms with van der Waals surface area (Å²) in [5.74, 6) is -0.542. The highest BCUT2D eigenvalue weighted by atomic mass is 35.5. The second-order valence-corrected chi connectivity index (χ2v) is 7.43. The van der Waals surface area contributed by atoms with Crippen molar-refractivity contribution in [1.29, 1.82) is 0 Å². The van der Waals surface area contributed by atoms with Crippen LogP contribution < -0.4 is 0 Å². The van der Waals surface area contributed by atoms with Gasteiger partial charge in [-0.25, -0.2) is 0 Å². The topological polar surface area (TPSA) is 40.6 Å². The first-order valence-electron chi connectivity index (χ1n) is 8.22. The third-order valence-corrected chi connectivity index (χ3v) is 5.70. The van der Waals surface area contributed by atoms with Gasteiger partial charge in [0.05, 0.1) is 10.6 Å². The van der Waals surface area contributed by atoms with Crippen LogP contribution >= 0.6 is 22.9 Å². The first-order valence-corrected chi connectivity index (χ1v) is 9.48. The molecule has 0 atom stereocenters. The Morgan fingerprint density at radius 1 is 1.15 bits per heavy atom. The van der Waals surface area contributed by atoms with Crippen LogP contribution in [0.3, 0.4) is 0 Å². The predicted molar refractivity (Wildman–Crippen MR) is 96.7 cm³/mol. The van der Waals surface area contributed by atoms with Gasteiger partial charge in [-0.1, -0.05) is 29.8 Å². The van der Waals surface area contributed by atoms with Crippen LogP contribution in [0.5, 0.6) is 0 Å². The number of halogens is 4. The first kappa shape index (κ1) is 19.7. The van der Waals surface area contributed by atoms with E-state index in [0.29, 0.717) is 9.90 Å². The van der Waals surface area contributed by atoms with Crippen LogP contribution in [-0.4, -0.2) is 41.2 Å². The molecule has 9 heteroatoms. The molecular formula is C18H16ClF3N2O2S. The van der Waals surface area contributed by atoms with E-state index in [1.807, 2.05) is 0 Å². The number of thiophene rings is 1. The fourth-order valence-corrected chi connectivity index (χ4v) is 4.07. The van der Waals surface area contributed by atoms with Gasteiger partial charge in [0.2, 0.25) is 5.91 Å². The molecule has 3 rings (SSSR count). The number of benzene rings is 1. The lowest BCUT2D eigenvalue weighted by molar-refractivity contribution is -0.139. The molecule has 0 N–H and O–H groups in total. The van der Waals surface area contributed by atoms with Crippen LogP contribution in [0.15, 0.2) is 35.7 Å². The van der Waals surface area contributed by atoms with Crippen molar-refractivity contribution in [2.75, 3.05) is 19.6 Å². The van der Waals surface area contributed by atoms with Gasteiger partial charge in [-0.3, -0.25) is 9.59 Å². The number of rotatable bonds is 3. The van der Waals surface area contributed by atoms with E-state index in [0.717, 1.165) is 6.07 Å². The number of nitrogens with zero attached hydrogens (tertiary/aromatic N) is 2. The van der Waals surface area contributed by atoms with Crippen molar-refractivity contribution in [2.24, 2.45) is 0 Å². The van der Waals surface area contributed by atoms with Crippen molar-refractivity contribution in [3.63, 3.8) is 0 Å². The minimum absolute atomic E-state index is 0.0411. The summed E-state index contributed by atoms with van der Waals surface area (Å²) < 4.78 is 39.5. The largest absolute Gasteiger partial charge is 0.416 e. The third kappa shape index (κ3) is 4.44. The quantitative estimate of drug-likeness (QED) is 0.748. The molecule has 1 fully saturated rings. The Labute approximate surface area is 163 Å². The molecule has 1 saturated heterocycles. The number of amides is 2. The lowest BCUT2D eigenvalue weighted by Gasteiger charge is -2.23. The Morgan fingerprint density at radius 2 is 1.89 bits per heavy atom. The molecule has 27 heavy (non-hydrogen) atoms. The van der Waals surface area contributed by atoms with Gasteiger partial charge in [0.1, 0.15) is 4.88 Å². The SMILES string of the molecule is O=C1CCN(C(=O)c2sccc2Cl)CCN1Cc1ccccc1C(F)(F)F. The summed E-state index contributed by atoms with van der Waals surface area (Å²) in [6, 6.07) is 6.84. The van der Waals surface area contributed by atoms with Gasteiger partial charge in [-0.2, -0.15) is 13.2 Å². The monoisotopic (exact) mass is 416 g/mol. The summed E-state index contributed by atoms with van der Waals surface area (Å²) in [5, 5.41) is 2.07. The molecule has 1 aliphatic rings. The smallest absolute Gasteiger partial charge is 0.337 e. The molecule has 2 heterocycles. The Balaban J connectivity index is 1.74. The Morgan fingerprint density at radius 3 is 2.56 bits per heavy atom. The predicted octanol–water partition coefficient (Wildman–Crippen LogP) is 4.30. The van der Waals surface area contributed by atoms with Crippen LogP contribution in [0.25, 0.3) is 0 Å². The second kappa shape index (κ2) is 7.90. The molecule has 0 aliphatic carbocycles. The average Bonchev–Trinajstić information content (AvgIpc) is 2.96. The molecule has 0 spiro atoms. The summed E-state index contributed by atoms with van der Waals surface area (Å²) in [6.07, 6.45) is -4.42. The lowest BCUT2D eigenvalue weighted by atomic mass is 10.1. The minimum Gasteiger partial charge on any atom is -0.337 e. The molecule has 0 bridgehead atoms. The molecule has 2 amide bonds. The summed E-state index contributed by atoms with van der Waals surface area (Å²) in [5.41, 5.74) is -0.709. The summed E-state index contributed by atoms with van der Waals surface area (Å²) in [6.45, 7) is 0.479. The summed E-state index contributed by atoms with van der Waals surface area (Å²) >= 11 is 7.22. The molecule has 1 aromatic carbocycles. The number of carbonyl (C=O) groups is 2. The fourth-order valence-electron chi connectivity index (χ4n) is 2.97. The summed E-state index contributed by atoms with van der Waals surface area (Å²) in [4.78, 5) is 28.2. The molecule has 0 radical (unpaired) electrons. The molecule has 2 aromatic rings. The maximum absolute atomic E-state index is 13.2. The highest BCUT2D eigenvalue weighted by Crippen LogP contribution is 2.32. The van der Waals surface area contributed by atoms with E-state index < -0.39 is 11.7 Å². The van der Waals surface area contributed by atoms with E-state index in [1.54, 1.807) is 11.4 Å². The molecular weight excluding hydrogens is 401 g/mol. The highest BCUT2D eigenvalue weighted by Gasteiger charge is 2.34. The Hall–Kier alpha value is -2.06. The molecule has 1 aromatic heterocycles. The van der Waals surface area contributed by atoms with Crippen molar-refractivity contribution in [3.05, 3.63) is 56.7 Å². The van der Waals surface area contributed by atoms with Crippen molar-refractivity contribution >= 4 is 34.8 Å². The zero-order chi connectivity index (χ0) is 19.6. The number of hydrogen-bond acceptors (Lipinski definition) is 3. The van der Waals surface area contributed by atoms with E-state index in [-0.39, 0.29) is 50.0 Å². The van der Waals surface area contributed by atoms with Gasteiger partial charge in [0.15, 0.2) is 0 Å². The van der Waals surface area contributed by atoms with Gasteiger partial charge in [0, 0.05) is 32.6 Å². The zero-order valence-corrected chi connectivity index (χ0v) is 15.7. The van der Waals surface area contributed by atoms with Gasteiger partial charge in [-0.15, -0.1) is 11.3 Å². The molecule has 1 aliphatic heterocycles. The van der Waals surface area contributed by atoms with Crippen molar-refractivity contribution in [3.8, 4) is 0 Å². The van der Waals surface area contributed by atoms with Crippen LogP contribution in [0, 0.1) is 0 Å². The van der Waals surface area contributed by atoms with Crippen LogP contribution in [0.1, 0.15) is 27.2 Å². The average molecular weight is 417 g/mol. The second-order valence-electron chi connectivity index (χ2n) is 6.11. The van der Waals surface area contributed by atoms with Crippen molar-refractivity contribution in [1.82, 2.24) is 9.80 Å². The van der Waals surface area contributed by atoms with E-state index in [9.17, 15) is 22.8 Å². The van der Waals surface area contributed by atoms with Gasteiger partial charge in [-0.05, 0) is 23.1 Å². The van der Waals surface area contributed by atoms with Gasteiger partial charge < -0.3 is 9.80 Å². The number of hydrogen-bond donors (Lipinski definition) is 0. The lowest BCUT2D eigenvalue weighted by Crippen LogP contribution is -2.35. The standard InChI is InChI=1S/C18H16ClF3N2O2S/c19-14-6-10-27-16(14)17(26)23-7-5-15(25)24(9-8-23)11-12-3-1-2-4-13(12)18(20,21)22/h1-4,6,10H,5,7-9,11H2. The fraction of sp³-hybridized carbons (Fsp3) is 0.333. The maximum atomic E-state index is 13.2. The van der Waals surface area contributed by atoms with Crippen LogP contribution in [-0.2, 0) is 17.5 Å². The van der Waals surface area contributed by atoms with Crippen molar-refractivity contribution < 1.29 is 22.8 Å². The van der Waals surface area contributed by atoms with Gasteiger partial charge in [0.25, 0.3) is 5.91 Å². The third-order valence-electron chi connectivity index (χ3n) is 4.37. The maximum Gasteiger partial charge on any atom is 0.416 e.